The maximum Gasteiger partial charge on any atom is 0.414 e. The SMILES string of the molecule is CC(=O)N([O-])CC1CN(c2ccc(N3CCSC(=O)C3=O)c(F)c2)C(=O)O1. The first-order chi connectivity index (χ1) is 12.8. The van der Waals surface area contributed by atoms with Crippen LogP contribution in [0.4, 0.5) is 20.6 Å². The Morgan fingerprint density at radius 2 is 2.11 bits per heavy atom. The van der Waals surface area contributed by atoms with Crippen LogP contribution < -0.4 is 9.80 Å². The summed E-state index contributed by atoms with van der Waals surface area (Å²) >= 11 is 0.886. The number of carbonyl (C=O) groups is 4. The molecule has 0 spiro atoms. The Morgan fingerprint density at radius 3 is 2.78 bits per heavy atom. The van der Waals surface area contributed by atoms with E-state index in [0.717, 1.165) is 34.6 Å². The van der Waals surface area contributed by atoms with Gasteiger partial charge >= 0.3 is 12.0 Å². The van der Waals surface area contributed by atoms with E-state index in [0.29, 0.717) is 5.75 Å². The molecule has 2 saturated heterocycles. The highest BCUT2D eigenvalue weighted by atomic mass is 32.2. The largest absolute Gasteiger partial charge is 0.756 e. The van der Waals surface area contributed by atoms with Gasteiger partial charge in [-0.25, -0.2) is 9.18 Å². The second-order valence-corrected chi connectivity index (χ2v) is 6.99. The average Bonchev–Trinajstić information content (AvgIpc) is 2.98. The van der Waals surface area contributed by atoms with E-state index < -0.39 is 34.9 Å². The quantitative estimate of drug-likeness (QED) is 0.554. The molecule has 0 saturated carbocycles. The van der Waals surface area contributed by atoms with Crippen LogP contribution in [0.3, 0.4) is 0 Å². The van der Waals surface area contributed by atoms with E-state index in [1.165, 1.54) is 12.1 Å². The van der Waals surface area contributed by atoms with Crippen molar-refractivity contribution in [1.29, 1.82) is 0 Å². The van der Waals surface area contributed by atoms with Crippen LogP contribution >= 0.6 is 11.8 Å². The van der Waals surface area contributed by atoms with Crippen LogP contribution in [0.25, 0.3) is 0 Å². The van der Waals surface area contributed by atoms with Crippen molar-refractivity contribution in [3.05, 3.63) is 29.2 Å². The summed E-state index contributed by atoms with van der Waals surface area (Å²) in [4.78, 5) is 48.6. The van der Waals surface area contributed by atoms with E-state index in [-0.39, 0.29) is 36.1 Å². The third kappa shape index (κ3) is 3.88. The number of amides is 3. The van der Waals surface area contributed by atoms with E-state index in [4.69, 9.17) is 4.74 Å². The maximum atomic E-state index is 14.5. The molecule has 1 aromatic rings. The molecule has 27 heavy (non-hydrogen) atoms. The van der Waals surface area contributed by atoms with Gasteiger partial charge in [0.15, 0.2) is 0 Å². The molecule has 11 heteroatoms. The maximum absolute atomic E-state index is 14.5. The molecule has 0 aromatic heterocycles. The molecule has 0 aliphatic carbocycles. The lowest BCUT2D eigenvalue weighted by Crippen LogP contribution is -2.41. The number of thioether (sulfide) groups is 1. The zero-order valence-electron chi connectivity index (χ0n) is 14.2. The van der Waals surface area contributed by atoms with Crippen LogP contribution in [-0.2, 0) is 19.1 Å². The number of cyclic esters (lactones) is 1. The Morgan fingerprint density at radius 1 is 1.37 bits per heavy atom. The number of hydroxylamine groups is 2. The molecular weight excluding hydrogens is 381 g/mol. The van der Waals surface area contributed by atoms with Crippen LogP contribution in [0.15, 0.2) is 18.2 Å². The fourth-order valence-electron chi connectivity index (χ4n) is 2.76. The molecule has 2 heterocycles. The highest BCUT2D eigenvalue weighted by Gasteiger charge is 2.34. The van der Waals surface area contributed by atoms with Gasteiger partial charge in [-0.15, -0.1) is 0 Å². The minimum atomic E-state index is -0.833. The van der Waals surface area contributed by atoms with Crippen molar-refractivity contribution < 1.29 is 28.3 Å². The zero-order valence-corrected chi connectivity index (χ0v) is 15.0. The normalized spacial score (nSPS) is 20.1. The first-order valence-electron chi connectivity index (χ1n) is 7.99. The molecule has 2 aliphatic rings. The molecule has 1 aromatic carbocycles. The standard InChI is InChI=1S/C16H15FN3O6S/c1-9(21)20(25)8-11-7-19(16(24)26-11)10-2-3-13(12(17)6-10)18-4-5-27-15(23)14(18)22/h2-3,6,11H,4-5,7-8H2,1H3/q-1. The molecule has 3 amide bonds. The Hall–Kier alpha value is -2.66. The molecule has 0 radical (unpaired) electrons. The van der Waals surface area contributed by atoms with E-state index >= 15 is 0 Å². The lowest BCUT2D eigenvalue weighted by molar-refractivity contribution is -0.131. The van der Waals surface area contributed by atoms with Gasteiger partial charge in [-0.05, 0) is 18.2 Å². The van der Waals surface area contributed by atoms with Gasteiger partial charge in [0.05, 0.1) is 17.9 Å². The van der Waals surface area contributed by atoms with Gasteiger partial charge in [0.2, 0.25) is 5.91 Å². The molecule has 9 nitrogen and oxygen atoms in total. The van der Waals surface area contributed by atoms with Crippen molar-refractivity contribution in [2.24, 2.45) is 0 Å². The molecule has 2 aliphatic heterocycles. The highest BCUT2D eigenvalue weighted by molar-refractivity contribution is 8.15. The summed E-state index contributed by atoms with van der Waals surface area (Å²) < 4.78 is 19.6. The van der Waals surface area contributed by atoms with Crippen LogP contribution in [0.5, 0.6) is 0 Å². The van der Waals surface area contributed by atoms with Crippen molar-refractivity contribution in [3.8, 4) is 0 Å². The first kappa shape index (κ1) is 19.1. The highest BCUT2D eigenvalue weighted by Crippen LogP contribution is 2.30. The van der Waals surface area contributed by atoms with Crippen molar-refractivity contribution in [2.45, 2.75) is 13.0 Å². The Bertz CT molecular complexity index is 819. The van der Waals surface area contributed by atoms with Crippen molar-refractivity contribution >= 4 is 46.2 Å². The molecule has 0 N–H and O–H groups in total. The number of anilines is 2. The van der Waals surface area contributed by atoms with E-state index in [9.17, 15) is 28.8 Å². The zero-order chi connectivity index (χ0) is 19.7. The van der Waals surface area contributed by atoms with Crippen LogP contribution in [-0.4, -0.2) is 59.6 Å². The lowest BCUT2D eigenvalue weighted by Gasteiger charge is -2.28. The second-order valence-electron chi connectivity index (χ2n) is 5.92. The summed E-state index contributed by atoms with van der Waals surface area (Å²) in [6, 6.07) is 3.78. The number of carbonyl (C=O) groups excluding carboxylic acids is 4. The Balaban J connectivity index is 1.75. The molecule has 144 valence electrons. The summed E-state index contributed by atoms with van der Waals surface area (Å²) in [5.41, 5.74) is 0.123. The molecule has 1 unspecified atom stereocenters. The number of hydrogen-bond acceptors (Lipinski definition) is 7. The number of hydrogen-bond donors (Lipinski definition) is 0. The molecule has 1 atom stereocenters. The van der Waals surface area contributed by atoms with Crippen LogP contribution in [0, 0.1) is 11.0 Å². The third-order valence-corrected chi connectivity index (χ3v) is 4.92. The van der Waals surface area contributed by atoms with Crippen LogP contribution in [0.2, 0.25) is 0 Å². The fourth-order valence-corrected chi connectivity index (χ4v) is 3.45. The number of nitrogens with zero attached hydrogens (tertiary/aromatic N) is 3. The summed E-state index contributed by atoms with van der Waals surface area (Å²) in [6.45, 7) is 0.951. The van der Waals surface area contributed by atoms with Crippen molar-refractivity contribution in [1.82, 2.24) is 5.06 Å². The van der Waals surface area contributed by atoms with Gasteiger partial charge in [0.1, 0.15) is 11.9 Å². The summed E-state index contributed by atoms with van der Waals surface area (Å²) in [7, 11) is 0. The number of halogens is 1. The minimum absolute atomic E-state index is 0.0264. The van der Waals surface area contributed by atoms with Crippen molar-refractivity contribution in [3.63, 3.8) is 0 Å². The van der Waals surface area contributed by atoms with Gasteiger partial charge in [-0.2, -0.15) is 0 Å². The molecule has 3 rings (SSSR count). The summed E-state index contributed by atoms with van der Waals surface area (Å²) in [5, 5.41) is 10.9. The van der Waals surface area contributed by atoms with Crippen LogP contribution in [0.1, 0.15) is 6.92 Å². The molecular formula is C16H15FN3O6S-. The lowest BCUT2D eigenvalue weighted by atomic mass is 10.2. The predicted molar refractivity (Wildman–Crippen MR) is 94.6 cm³/mol. The third-order valence-electron chi connectivity index (χ3n) is 4.10. The van der Waals surface area contributed by atoms with E-state index in [1.807, 2.05) is 0 Å². The average molecular weight is 396 g/mol. The van der Waals surface area contributed by atoms with Gasteiger partial charge < -0.3 is 19.9 Å². The number of benzene rings is 1. The monoisotopic (exact) mass is 396 g/mol. The smallest absolute Gasteiger partial charge is 0.414 e. The topological polar surface area (TPSA) is 110 Å². The molecule has 0 bridgehead atoms. The van der Waals surface area contributed by atoms with Gasteiger partial charge in [0.25, 0.3) is 5.12 Å². The minimum Gasteiger partial charge on any atom is -0.756 e. The second kappa shape index (κ2) is 7.53. The molecule has 2 fully saturated rings. The number of rotatable bonds is 4. The summed E-state index contributed by atoms with van der Waals surface area (Å²) in [5.74, 6) is -1.91. The van der Waals surface area contributed by atoms with Gasteiger partial charge in [0, 0.05) is 25.8 Å². The fraction of sp³-hybridized carbons (Fsp3) is 0.375. The van der Waals surface area contributed by atoms with E-state index in [2.05, 4.69) is 0 Å². The Kier molecular flexibility index (Phi) is 5.33. The predicted octanol–water partition coefficient (Wildman–Crippen LogP) is 1.10. The van der Waals surface area contributed by atoms with Gasteiger partial charge in [-0.3, -0.25) is 19.3 Å². The van der Waals surface area contributed by atoms with Crippen molar-refractivity contribution in [2.75, 3.05) is 35.2 Å². The first-order valence-corrected chi connectivity index (χ1v) is 8.98. The number of ether oxygens (including phenoxy) is 1. The van der Waals surface area contributed by atoms with Gasteiger partial charge in [-0.1, -0.05) is 11.8 Å². The Labute approximate surface area is 157 Å². The summed E-state index contributed by atoms with van der Waals surface area (Å²) in [6.07, 6.45) is -1.61. The van der Waals surface area contributed by atoms with E-state index in [1.54, 1.807) is 0 Å².